The van der Waals surface area contributed by atoms with Gasteiger partial charge in [0.1, 0.15) is 6.61 Å². The third-order valence-corrected chi connectivity index (χ3v) is 3.92. The number of rotatable bonds is 4. The number of hydrogen-bond donors (Lipinski definition) is 1. The Balaban J connectivity index is 1.86. The van der Waals surface area contributed by atoms with Crippen molar-refractivity contribution in [2.45, 2.75) is 13.0 Å². The topological polar surface area (TPSA) is 110 Å². The average Bonchev–Trinajstić information content (AvgIpc) is 3.03. The van der Waals surface area contributed by atoms with Crippen LogP contribution in [-0.2, 0) is 17.8 Å². The minimum atomic E-state index is -1.33. The zero-order valence-electron chi connectivity index (χ0n) is 13.0. The molecular weight excluding hydrogens is 328 g/mol. The van der Waals surface area contributed by atoms with Gasteiger partial charge in [-0.2, -0.15) is 0 Å². The van der Waals surface area contributed by atoms with Gasteiger partial charge in [-0.3, -0.25) is 15.0 Å². The van der Waals surface area contributed by atoms with E-state index in [-0.39, 0.29) is 30.1 Å². The average molecular weight is 342 g/mol. The molecule has 1 N–H and O–H groups in total. The Labute approximate surface area is 142 Å². The SMILES string of the molecule is O=C(O)c1cc([N+](=O)[O-])cc2c1N(C(=O)OCc1ccccc1)CC2. The Morgan fingerprint density at radius 3 is 2.60 bits per heavy atom. The fourth-order valence-corrected chi connectivity index (χ4v) is 2.78. The number of nitro groups is 1. The maximum atomic E-state index is 12.4. The summed E-state index contributed by atoms with van der Waals surface area (Å²) >= 11 is 0. The summed E-state index contributed by atoms with van der Waals surface area (Å²) in [7, 11) is 0. The van der Waals surface area contributed by atoms with Gasteiger partial charge in [0.2, 0.25) is 0 Å². The molecule has 2 aromatic carbocycles. The lowest BCUT2D eigenvalue weighted by Crippen LogP contribution is -2.30. The number of carboxylic acids is 1. The highest BCUT2D eigenvalue weighted by atomic mass is 16.6. The van der Waals surface area contributed by atoms with Crippen molar-refractivity contribution in [3.8, 4) is 0 Å². The minimum Gasteiger partial charge on any atom is -0.478 e. The first-order chi connectivity index (χ1) is 12.0. The summed E-state index contributed by atoms with van der Waals surface area (Å²) in [6.07, 6.45) is -0.350. The van der Waals surface area contributed by atoms with Crippen LogP contribution in [0.4, 0.5) is 16.2 Å². The van der Waals surface area contributed by atoms with E-state index in [4.69, 9.17) is 4.74 Å². The van der Waals surface area contributed by atoms with Crippen LogP contribution < -0.4 is 4.90 Å². The number of carboxylic acid groups (broad SMARTS) is 1. The highest BCUT2D eigenvalue weighted by Gasteiger charge is 2.33. The third kappa shape index (κ3) is 3.27. The molecule has 3 rings (SSSR count). The van der Waals surface area contributed by atoms with Gasteiger partial charge in [-0.25, -0.2) is 9.59 Å². The van der Waals surface area contributed by atoms with Gasteiger partial charge in [-0.1, -0.05) is 30.3 Å². The molecular formula is C17H14N2O6. The molecule has 1 heterocycles. The van der Waals surface area contributed by atoms with E-state index in [1.54, 1.807) is 12.1 Å². The van der Waals surface area contributed by atoms with E-state index in [1.807, 2.05) is 18.2 Å². The second kappa shape index (κ2) is 6.60. The summed E-state index contributed by atoms with van der Waals surface area (Å²) < 4.78 is 5.24. The molecule has 0 saturated heterocycles. The molecule has 1 aliphatic heterocycles. The van der Waals surface area contributed by atoms with Crippen LogP contribution in [0.1, 0.15) is 21.5 Å². The van der Waals surface area contributed by atoms with Crippen LogP contribution in [0.5, 0.6) is 0 Å². The van der Waals surface area contributed by atoms with Gasteiger partial charge in [-0.15, -0.1) is 0 Å². The van der Waals surface area contributed by atoms with Crippen molar-refractivity contribution in [1.29, 1.82) is 0 Å². The van der Waals surface area contributed by atoms with Crippen LogP contribution in [0.15, 0.2) is 42.5 Å². The predicted octanol–water partition coefficient (Wildman–Crippen LogP) is 2.99. The van der Waals surface area contributed by atoms with Gasteiger partial charge in [0, 0.05) is 18.7 Å². The summed E-state index contributed by atoms with van der Waals surface area (Å²) in [5.41, 5.74) is 0.825. The monoisotopic (exact) mass is 342 g/mol. The van der Waals surface area contributed by atoms with Crippen molar-refractivity contribution in [3.63, 3.8) is 0 Å². The molecule has 0 spiro atoms. The fourth-order valence-electron chi connectivity index (χ4n) is 2.78. The summed E-state index contributed by atoms with van der Waals surface area (Å²) in [6, 6.07) is 11.3. The predicted molar refractivity (Wildman–Crippen MR) is 87.7 cm³/mol. The largest absolute Gasteiger partial charge is 0.478 e. The van der Waals surface area contributed by atoms with Crippen molar-refractivity contribution >= 4 is 23.4 Å². The molecule has 8 heteroatoms. The van der Waals surface area contributed by atoms with Gasteiger partial charge in [0.15, 0.2) is 0 Å². The summed E-state index contributed by atoms with van der Waals surface area (Å²) in [5, 5.41) is 20.3. The Morgan fingerprint density at radius 1 is 1.24 bits per heavy atom. The number of carbonyl (C=O) groups is 2. The van der Waals surface area contributed by atoms with Crippen molar-refractivity contribution < 1.29 is 24.4 Å². The number of aromatic carboxylic acids is 1. The van der Waals surface area contributed by atoms with E-state index in [0.717, 1.165) is 11.6 Å². The van der Waals surface area contributed by atoms with Gasteiger partial charge >= 0.3 is 12.1 Å². The number of anilines is 1. The first-order valence-corrected chi connectivity index (χ1v) is 7.50. The molecule has 25 heavy (non-hydrogen) atoms. The highest BCUT2D eigenvalue weighted by molar-refractivity contribution is 6.02. The van der Waals surface area contributed by atoms with Gasteiger partial charge in [0.05, 0.1) is 16.2 Å². The van der Waals surface area contributed by atoms with Crippen molar-refractivity contribution in [1.82, 2.24) is 0 Å². The summed E-state index contributed by atoms with van der Waals surface area (Å²) in [6.45, 7) is 0.269. The van der Waals surface area contributed by atoms with E-state index >= 15 is 0 Å². The van der Waals surface area contributed by atoms with Crippen molar-refractivity contribution in [2.24, 2.45) is 0 Å². The molecule has 0 bridgehead atoms. The third-order valence-electron chi connectivity index (χ3n) is 3.92. The molecule has 0 aliphatic carbocycles. The fraction of sp³-hybridized carbons (Fsp3) is 0.176. The first-order valence-electron chi connectivity index (χ1n) is 7.50. The molecule has 2 aromatic rings. The minimum absolute atomic E-state index is 0.0564. The number of hydrogen-bond acceptors (Lipinski definition) is 5. The molecule has 1 amide bonds. The smallest absolute Gasteiger partial charge is 0.414 e. The van der Waals surface area contributed by atoms with Gasteiger partial charge < -0.3 is 9.84 Å². The number of ether oxygens (including phenoxy) is 1. The van der Waals surface area contributed by atoms with Crippen LogP contribution in [0.2, 0.25) is 0 Å². The Hall–Kier alpha value is -3.42. The zero-order chi connectivity index (χ0) is 18.0. The number of benzene rings is 2. The zero-order valence-corrected chi connectivity index (χ0v) is 13.0. The lowest BCUT2D eigenvalue weighted by molar-refractivity contribution is -0.384. The van der Waals surface area contributed by atoms with Crippen LogP contribution in [0.25, 0.3) is 0 Å². The number of non-ortho nitro benzene ring substituents is 1. The Kier molecular flexibility index (Phi) is 4.34. The lowest BCUT2D eigenvalue weighted by Gasteiger charge is -2.18. The van der Waals surface area contributed by atoms with Crippen molar-refractivity contribution in [3.05, 3.63) is 69.3 Å². The molecule has 0 aromatic heterocycles. The maximum absolute atomic E-state index is 12.4. The van der Waals surface area contributed by atoms with E-state index in [2.05, 4.69) is 0 Å². The highest BCUT2D eigenvalue weighted by Crippen LogP contribution is 2.36. The second-order valence-corrected chi connectivity index (χ2v) is 5.51. The number of fused-ring (bicyclic) bond motifs is 1. The van der Waals surface area contributed by atoms with Crippen LogP contribution >= 0.6 is 0 Å². The molecule has 0 atom stereocenters. The van der Waals surface area contributed by atoms with E-state index in [1.165, 1.54) is 11.0 Å². The van der Waals surface area contributed by atoms with E-state index in [9.17, 15) is 24.8 Å². The number of nitro benzene ring substituents is 1. The Morgan fingerprint density at radius 2 is 1.96 bits per heavy atom. The first kappa shape index (κ1) is 16.4. The molecule has 0 saturated carbocycles. The molecule has 128 valence electrons. The number of nitrogens with zero attached hydrogens (tertiary/aromatic N) is 2. The molecule has 0 fully saturated rings. The maximum Gasteiger partial charge on any atom is 0.414 e. The van der Waals surface area contributed by atoms with Crippen molar-refractivity contribution in [2.75, 3.05) is 11.4 Å². The number of carbonyl (C=O) groups excluding carboxylic acids is 1. The van der Waals surface area contributed by atoms with Crippen LogP contribution in [-0.4, -0.2) is 28.6 Å². The van der Waals surface area contributed by atoms with Gasteiger partial charge in [0.25, 0.3) is 5.69 Å². The summed E-state index contributed by atoms with van der Waals surface area (Å²) in [4.78, 5) is 35.4. The van der Waals surface area contributed by atoms with E-state index in [0.29, 0.717) is 12.0 Å². The molecule has 1 aliphatic rings. The number of amides is 1. The quantitative estimate of drug-likeness (QED) is 0.675. The lowest BCUT2D eigenvalue weighted by atomic mass is 10.1. The normalized spacial score (nSPS) is 12.6. The second-order valence-electron chi connectivity index (χ2n) is 5.51. The van der Waals surface area contributed by atoms with Crippen LogP contribution in [0, 0.1) is 10.1 Å². The van der Waals surface area contributed by atoms with Gasteiger partial charge in [-0.05, 0) is 17.5 Å². The molecule has 0 radical (unpaired) electrons. The van der Waals surface area contributed by atoms with E-state index < -0.39 is 17.0 Å². The summed E-state index contributed by atoms with van der Waals surface area (Å²) in [5.74, 6) is -1.33. The Bertz CT molecular complexity index is 850. The molecule has 8 nitrogen and oxygen atoms in total. The standard InChI is InChI=1S/C17H14N2O6/c20-16(21)14-9-13(19(23)24)8-12-6-7-18(15(12)14)17(22)25-10-11-4-2-1-3-5-11/h1-5,8-9H,6-7,10H2,(H,20,21). The molecule has 0 unspecified atom stereocenters. The van der Waals surface area contributed by atoms with Crippen LogP contribution in [0.3, 0.4) is 0 Å².